The fourth-order valence-corrected chi connectivity index (χ4v) is 3.32. The molecule has 3 rings (SSSR count). The highest BCUT2D eigenvalue weighted by atomic mass is 16.2. The van der Waals surface area contributed by atoms with E-state index < -0.39 is 11.2 Å². The Morgan fingerprint density at radius 2 is 2.14 bits per heavy atom. The van der Waals surface area contributed by atoms with Gasteiger partial charge in [0.1, 0.15) is 0 Å². The number of nitrogens with zero attached hydrogens (tertiary/aromatic N) is 2. The SMILES string of the molecule is CCCn1c(=O)[nH]c(=O)c2c(C(=O)NCC3=CCNCC3)cc(C(C)C)nc21. The Hall–Kier alpha value is -2.74. The molecule has 8 heteroatoms. The zero-order chi connectivity index (χ0) is 20.3. The van der Waals surface area contributed by atoms with Crippen molar-refractivity contribution >= 4 is 16.9 Å². The van der Waals surface area contributed by atoms with Crippen molar-refractivity contribution in [3.8, 4) is 0 Å². The number of pyridine rings is 1. The maximum absolute atomic E-state index is 13.0. The number of nitrogens with one attached hydrogen (secondary N) is 3. The van der Waals surface area contributed by atoms with E-state index in [0.717, 1.165) is 25.1 Å². The van der Waals surface area contributed by atoms with Gasteiger partial charge in [-0.05, 0) is 31.4 Å². The van der Waals surface area contributed by atoms with Gasteiger partial charge < -0.3 is 10.6 Å². The molecule has 0 aromatic carbocycles. The number of H-pyrrole nitrogens is 1. The fourth-order valence-electron chi connectivity index (χ4n) is 3.32. The van der Waals surface area contributed by atoms with Crippen LogP contribution in [-0.4, -0.2) is 40.1 Å². The summed E-state index contributed by atoms with van der Waals surface area (Å²) in [5, 5.41) is 6.31. The average molecular weight is 385 g/mol. The zero-order valence-corrected chi connectivity index (χ0v) is 16.6. The molecule has 0 aliphatic carbocycles. The van der Waals surface area contributed by atoms with Crippen molar-refractivity contribution in [1.82, 2.24) is 25.2 Å². The van der Waals surface area contributed by atoms with Gasteiger partial charge in [0, 0.05) is 25.3 Å². The standard InChI is InChI=1S/C20H27N5O3/c1-4-9-25-17-16(19(27)24-20(25)28)14(10-15(23-17)12(2)3)18(26)22-11-13-5-7-21-8-6-13/h5,10,12,21H,4,6-9,11H2,1-3H3,(H,22,26)(H,24,27,28). The monoisotopic (exact) mass is 385 g/mol. The Kier molecular flexibility index (Phi) is 6.08. The van der Waals surface area contributed by atoms with Gasteiger partial charge in [0.2, 0.25) is 0 Å². The maximum Gasteiger partial charge on any atom is 0.329 e. The van der Waals surface area contributed by atoms with E-state index in [4.69, 9.17) is 0 Å². The lowest BCUT2D eigenvalue weighted by Crippen LogP contribution is -2.34. The lowest BCUT2D eigenvalue weighted by molar-refractivity contribution is 0.0958. The number of carbonyl (C=O) groups excluding carboxylic acids is 1. The summed E-state index contributed by atoms with van der Waals surface area (Å²) < 4.78 is 1.44. The van der Waals surface area contributed by atoms with Gasteiger partial charge in [0.05, 0.1) is 10.9 Å². The van der Waals surface area contributed by atoms with Crippen LogP contribution in [0.4, 0.5) is 0 Å². The van der Waals surface area contributed by atoms with Crippen molar-refractivity contribution in [2.75, 3.05) is 19.6 Å². The number of hydrogen-bond acceptors (Lipinski definition) is 5. The van der Waals surface area contributed by atoms with E-state index in [0.29, 0.717) is 25.2 Å². The minimum Gasteiger partial charge on any atom is -0.348 e. The van der Waals surface area contributed by atoms with Crippen molar-refractivity contribution in [3.63, 3.8) is 0 Å². The first-order chi connectivity index (χ1) is 13.4. The molecule has 0 radical (unpaired) electrons. The molecule has 2 aromatic heterocycles. The van der Waals surface area contributed by atoms with Gasteiger partial charge in [0.25, 0.3) is 11.5 Å². The Balaban J connectivity index is 2.10. The Bertz CT molecular complexity index is 1030. The van der Waals surface area contributed by atoms with Crippen molar-refractivity contribution < 1.29 is 4.79 Å². The van der Waals surface area contributed by atoms with Gasteiger partial charge in [-0.3, -0.25) is 19.1 Å². The summed E-state index contributed by atoms with van der Waals surface area (Å²) in [4.78, 5) is 44.7. The molecule has 1 amide bonds. The normalized spacial score (nSPS) is 14.4. The van der Waals surface area contributed by atoms with Crippen LogP contribution in [0.15, 0.2) is 27.3 Å². The van der Waals surface area contributed by atoms with Crippen LogP contribution in [-0.2, 0) is 6.54 Å². The number of rotatable bonds is 6. The summed E-state index contributed by atoms with van der Waals surface area (Å²) in [6, 6.07) is 1.66. The van der Waals surface area contributed by atoms with Crippen LogP contribution in [0.1, 0.15) is 55.6 Å². The Labute approximate surface area is 163 Å². The van der Waals surface area contributed by atoms with E-state index in [1.165, 1.54) is 4.57 Å². The second kappa shape index (κ2) is 8.52. The van der Waals surface area contributed by atoms with Crippen LogP contribution < -0.4 is 21.9 Å². The van der Waals surface area contributed by atoms with Crippen LogP contribution in [0.3, 0.4) is 0 Å². The predicted molar refractivity (Wildman–Crippen MR) is 109 cm³/mol. The number of carbonyl (C=O) groups is 1. The number of aromatic amines is 1. The third-order valence-corrected chi connectivity index (χ3v) is 4.89. The largest absolute Gasteiger partial charge is 0.348 e. The summed E-state index contributed by atoms with van der Waals surface area (Å²) >= 11 is 0. The second-order valence-electron chi connectivity index (χ2n) is 7.36. The quantitative estimate of drug-likeness (QED) is 0.649. The summed E-state index contributed by atoms with van der Waals surface area (Å²) in [5.74, 6) is -0.284. The topological polar surface area (TPSA) is 109 Å². The Morgan fingerprint density at radius 1 is 1.36 bits per heavy atom. The molecule has 1 aliphatic heterocycles. The molecule has 0 spiro atoms. The highest BCUT2D eigenvalue weighted by molar-refractivity contribution is 6.05. The lowest BCUT2D eigenvalue weighted by Gasteiger charge is -2.16. The molecule has 0 unspecified atom stereocenters. The van der Waals surface area contributed by atoms with Gasteiger partial charge in [-0.15, -0.1) is 0 Å². The van der Waals surface area contributed by atoms with Crippen LogP contribution in [0.25, 0.3) is 11.0 Å². The van der Waals surface area contributed by atoms with E-state index in [1.807, 2.05) is 20.8 Å². The van der Waals surface area contributed by atoms with Crippen LogP contribution in [0.5, 0.6) is 0 Å². The first kappa shape index (κ1) is 20.0. The predicted octanol–water partition coefficient (Wildman–Crippen LogP) is 1.27. The van der Waals surface area contributed by atoms with Crippen LogP contribution in [0, 0.1) is 0 Å². The maximum atomic E-state index is 13.0. The van der Waals surface area contributed by atoms with E-state index in [-0.39, 0.29) is 28.4 Å². The van der Waals surface area contributed by atoms with Crippen molar-refractivity contribution in [2.24, 2.45) is 0 Å². The summed E-state index contributed by atoms with van der Waals surface area (Å²) in [6.07, 6.45) is 3.66. The Morgan fingerprint density at radius 3 is 2.79 bits per heavy atom. The zero-order valence-electron chi connectivity index (χ0n) is 16.6. The van der Waals surface area contributed by atoms with Crippen molar-refractivity contribution in [2.45, 2.75) is 46.1 Å². The first-order valence-electron chi connectivity index (χ1n) is 9.77. The molecule has 0 fully saturated rings. The van der Waals surface area contributed by atoms with Crippen molar-refractivity contribution in [1.29, 1.82) is 0 Å². The molecule has 0 atom stereocenters. The third kappa shape index (κ3) is 4.06. The molecule has 8 nitrogen and oxygen atoms in total. The highest BCUT2D eigenvalue weighted by Gasteiger charge is 2.20. The molecule has 3 heterocycles. The molecule has 150 valence electrons. The van der Waals surface area contributed by atoms with E-state index in [1.54, 1.807) is 6.07 Å². The number of amides is 1. The smallest absolute Gasteiger partial charge is 0.329 e. The van der Waals surface area contributed by atoms with Gasteiger partial charge in [-0.2, -0.15) is 0 Å². The molecule has 28 heavy (non-hydrogen) atoms. The average Bonchev–Trinajstić information content (AvgIpc) is 2.69. The molecule has 0 saturated heterocycles. The third-order valence-electron chi connectivity index (χ3n) is 4.89. The van der Waals surface area contributed by atoms with E-state index in [9.17, 15) is 14.4 Å². The van der Waals surface area contributed by atoms with Gasteiger partial charge in [-0.1, -0.05) is 32.4 Å². The minimum atomic E-state index is -0.582. The summed E-state index contributed by atoms with van der Waals surface area (Å²) in [6.45, 7) is 8.41. The number of aryl methyl sites for hydroxylation is 1. The van der Waals surface area contributed by atoms with Crippen LogP contribution >= 0.6 is 0 Å². The van der Waals surface area contributed by atoms with Gasteiger partial charge in [-0.25, -0.2) is 9.78 Å². The van der Waals surface area contributed by atoms with Crippen molar-refractivity contribution in [3.05, 3.63) is 49.8 Å². The molecule has 0 saturated carbocycles. The van der Waals surface area contributed by atoms with Crippen LogP contribution in [0.2, 0.25) is 0 Å². The minimum absolute atomic E-state index is 0.0487. The summed E-state index contributed by atoms with van der Waals surface area (Å²) in [5.41, 5.74) is 1.28. The molecule has 0 bridgehead atoms. The second-order valence-corrected chi connectivity index (χ2v) is 7.36. The lowest BCUT2D eigenvalue weighted by atomic mass is 10.0. The van der Waals surface area contributed by atoms with E-state index >= 15 is 0 Å². The molecular formula is C20H27N5O3. The molecule has 2 aromatic rings. The van der Waals surface area contributed by atoms with Gasteiger partial charge >= 0.3 is 5.69 Å². The number of fused-ring (bicyclic) bond motifs is 1. The van der Waals surface area contributed by atoms with Gasteiger partial charge in [0.15, 0.2) is 5.65 Å². The molecule has 3 N–H and O–H groups in total. The highest BCUT2D eigenvalue weighted by Crippen LogP contribution is 2.20. The number of aromatic nitrogens is 3. The van der Waals surface area contributed by atoms with E-state index in [2.05, 4.69) is 26.7 Å². The molecule has 1 aliphatic rings. The molecular weight excluding hydrogens is 358 g/mol. The number of hydrogen-bond donors (Lipinski definition) is 3. The summed E-state index contributed by atoms with van der Waals surface area (Å²) in [7, 11) is 0. The fraction of sp³-hybridized carbons (Fsp3) is 0.500. The first-order valence-corrected chi connectivity index (χ1v) is 9.77.